The summed E-state index contributed by atoms with van der Waals surface area (Å²) in [5, 5.41) is 23.5. The number of carbonyl (C=O) groups excluding carboxylic acids is 2. The Hall–Kier alpha value is -2.85. The maximum Gasteiger partial charge on any atom is 0.338 e. The van der Waals surface area contributed by atoms with Crippen LogP contribution >= 0.6 is 0 Å². The van der Waals surface area contributed by atoms with E-state index in [4.69, 9.17) is 15.1 Å². The van der Waals surface area contributed by atoms with Gasteiger partial charge in [-0.15, -0.1) is 0 Å². The smallest absolute Gasteiger partial charge is 0.338 e. The molecule has 0 heterocycles. The molecule has 1 rings (SSSR count). The van der Waals surface area contributed by atoms with Crippen LogP contribution in [0.15, 0.2) is 36.0 Å². The lowest BCUT2D eigenvalue weighted by molar-refractivity contribution is -0.112. The van der Waals surface area contributed by atoms with Crippen molar-refractivity contribution in [2.75, 3.05) is 18.5 Å². The zero-order valence-corrected chi connectivity index (χ0v) is 13.7. The molecule has 24 heavy (non-hydrogen) atoms. The van der Waals surface area contributed by atoms with E-state index in [1.165, 1.54) is 18.3 Å². The Kier molecular flexibility index (Phi) is 8.02. The van der Waals surface area contributed by atoms with Gasteiger partial charge in [-0.2, -0.15) is 5.26 Å². The standard InChI is InChI=1S/C17H21N3O4/c1-3-14(11-21)19-10-13(9-18)16(22)20-15-7-5-12(6-8-15)17(23)24-4-2/h5-8,10,14,19,21H,3-4,11H2,1-2H3,(H,20,22)/b13-10-. The summed E-state index contributed by atoms with van der Waals surface area (Å²) in [5.74, 6) is -1.02. The number of nitrogens with one attached hydrogen (secondary N) is 2. The number of carbonyl (C=O) groups is 2. The van der Waals surface area contributed by atoms with E-state index in [0.29, 0.717) is 17.7 Å². The van der Waals surface area contributed by atoms with Crippen molar-refractivity contribution in [3.8, 4) is 6.07 Å². The van der Waals surface area contributed by atoms with E-state index >= 15 is 0 Å². The normalized spacial score (nSPS) is 12.0. The van der Waals surface area contributed by atoms with Crippen LogP contribution in [0, 0.1) is 11.3 Å². The van der Waals surface area contributed by atoms with Crippen molar-refractivity contribution in [3.05, 3.63) is 41.6 Å². The first kappa shape index (κ1) is 19.2. The second-order valence-corrected chi connectivity index (χ2v) is 4.88. The predicted molar refractivity (Wildman–Crippen MR) is 89.0 cm³/mol. The van der Waals surface area contributed by atoms with E-state index in [9.17, 15) is 9.59 Å². The van der Waals surface area contributed by atoms with Gasteiger partial charge in [0.15, 0.2) is 0 Å². The van der Waals surface area contributed by atoms with Crippen LogP contribution in [-0.4, -0.2) is 36.2 Å². The molecule has 0 radical (unpaired) electrons. The molecular weight excluding hydrogens is 310 g/mol. The minimum atomic E-state index is -0.582. The van der Waals surface area contributed by atoms with Crippen molar-refractivity contribution in [1.29, 1.82) is 5.26 Å². The number of aliphatic hydroxyl groups excluding tert-OH is 1. The van der Waals surface area contributed by atoms with Crippen LogP contribution in [0.4, 0.5) is 5.69 Å². The van der Waals surface area contributed by atoms with Gasteiger partial charge in [0.1, 0.15) is 11.6 Å². The molecule has 7 nitrogen and oxygen atoms in total. The monoisotopic (exact) mass is 331 g/mol. The van der Waals surface area contributed by atoms with Crippen molar-refractivity contribution in [3.63, 3.8) is 0 Å². The number of nitrogens with zero attached hydrogens (tertiary/aromatic N) is 1. The summed E-state index contributed by atoms with van der Waals surface area (Å²) in [6.45, 7) is 3.78. The summed E-state index contributed by atoms with van der Waals surface area (Å²) < 4.78 is 4.87. The summed E-state index contributed by atoms with van der Waals surface area (Å²) in [6, 6.07) is 7.74. The third-order valence-electron chi connectivity index (χ3n) is 3.20. The van der Waals surface area contributed by atoms with Crippen molar-refractivity contribution in [1.82, 2.24) is 5.32 Å². The fraction of sp³-hybridized carbons (Fsp3) is 0.353. The minimum Gasteiger partial charge on any atom is -0.462 e. The molecule has 0 aliphatic carbocycles. The molecule has 1 atom stereocenters. The first-order valence-corrected chi connectivity index (χ1v) is 7.61. The molecule has 0 saturated carbocycles. The minimum absolute atomic E-state index is 0.0946. The number of ether oxygens (including phenoxy) is 1. The van der Waals surface area contributed by atoms with E-state index in [0.717, 1.165) is 0 Å². The van der Waals surface area contributed by atoms with Gasteiger partial charge in [0.2, 0.25) is 0 Å². The molecule has 1 aromatic rings. The maximum absolute atomic E-state index is 12.1. The van der Waals surface area contributed by atoms with E-state index in [2.05, 4.69) is 10.6 Å². The molecule has 7 heteroatoms. The molecular formula is C17H21N3O4. The van der Waals surface area contributed by atoms with Crippen LogP contribution in [0.2, 0.25) is 0 Å². The number of esters is 1. The molecule has 0 aliphatic rings. The molecule has 0 bridgehead atoms. The van der Waals surface area contributed by atoms with Crippen LogP contribution < -0.4 is 10.6 Å². The third kappa shape index (κ3) is 5.74. The average molecular weight is 331 g/mol. The summed E-state index contributed by atoms with van der Waals surface area (Å²) >= 11 is 0. The number of aliphatic hydroxyl groups is 1. The number of benzene rings is 1. The molecule has 0 fully saturated rings. The zero-order chi connectivity index (χ0) is 17.9. The Balaban J connectivity index is 2.73. The van der Waals surface area contributed by atoms with Crippen LogP contribution in [0.25, 0.3) is 0 Å². The molecule has 3 N–H and O–H groups in total. The number of amides is 1. The highest BCUT2D eigenvalue weighted by molar-refractivity contribution is 6.06. The van der Waals surface area contributed by atoms with Crippen LogP contribution in [0.3, 0.4) is 0 Å². The molecule has 1 unspecified atom stereocenters. The van der Waals surface area contributed by atoms with Gasteiger partial charge in [-0.25, -0.2) is 4.79 Å². The van der Waals surface area contributed by atoms with E-state index in [1.54, 1.807) is 25.1 Å². The molecule has 1 amide bonds. The quantitative estimate of drug-likeness (QED) is 0.379. The van der Waals surface area contributed by atoms with Gasteiger partial charge in [0, 0.05) is 17.9 Å². The largest absolute Gasteiger partial charge is 0.462 e. The van der Waals surface area contributed by atoms with Crippen molar-refractivity contribution in [2.24, 2.45) is 0 Å². The van der Waals surface area contributed by atoms with Crippen molar-refractivity contribution in [2.45, 2.75) is 26.3 Å². The number of anilines is 1. The first-order chi connectivity index (χ1) is 11.5. The predicted octanol–water partition coefficient (Wildman–Crippen LogP) is 1.57. The SMILES string of the molecule is CCOC(=O)c1ccc(NC(=O)/C(C#N)=C\NC(CC)CO)cc1. The van der Waals surface area contributed by atoms with E-state index in [-0.39, 0.29) is 24.8 Å². The summed E-state index contributed by atoms with van der Waals surface area (Å²) in [6.07, 6.45) is 1.94. The van der Waals surface area contributed by atoms with Crippen molar-refractivity contribution >= 4 is 17.6 Å². The number of rotatable bonds is 8. The van der Waals surface area contributed by atoms with Gasteiger partial charge in [-0.05, 0) is 37.6 Å². The van der Waals surface area contributed by atoms with Crippen LogP contribution in [0.1, 0.15) is 30.6 Å². The highest BCUT2D eigenvalue weighted by atomic mass is 16.5. The van der Waals surface area contributed by atoms with Crippen LogP contribution in [-0.2, 0) is 9.53 Å². The Morgan fingerprint density at radius 1 is 1.33 bits per heavy atom. The van der Waals surface area contributed by atoms with Gasteiger partial charge in [-0.1, -0.05) is 6.92 Å². The molecule has 0 spiro atoms. The van der Waals surface area contributed by atoms with E-state index < -0.39 is 11.9 Å². The average Bonchev–Trinajstić information content (AvgIpc) is 2.59. The fourth-order valence-electron chi connectivity index (χ4n) is 1.75. The molecule has 128 valence electrons. The molecule has 0 aliphatic heterocycles. The Morgan fingerprint density at radius 3 is 2.50 bits per heavy atom. The highest BCUT2D eigenvalue weighted by Crippen LogP contribution is 2.11. The lowest BCUT2D eigenvalue weighted by atomic mass is 10.2. The number of nitriles is 1. The highest BCUT2D eigenvalue weighted by Gasteiger charge is 2.11. The molecule has 1 aromatic carbocycles. The first-order valence-electron chi connectivity index (χ1n) is 7.61. The lowest BCUT2D eigenvalue weighted by Crippen LogP contribution is -2.28. The summed E-state index contributed by atoms with van der Waals surface area (Å²) in [5.41, 5.74) is 0.709. The van der Waals surface area contributed by atoms with Gasteiger partial charge in [0.05, 0.1) is 18.8 Å². The van der Waals surface area contributed by atoms with E-state index in [1.807, 2.05) is 6.92 Å². The Bertz CT molecular complexity index is 628. The third-order valence-corrected chi connectivity index (χ3v) is 3.20. The number of hydrogen-bond donors (Lipinski definition) is 3. The fourth-order valence-corrected chi connectivity index (χ4v) is 1.75. The second kappa shape index (κ2) is 10.0. The summed E-state index contributed by atoms with van der Waals surface area (Å²) in [4.78, 5) is 23.6. The van der Waals surface area contributed by atoms with Gasteiger partial charge < -0.3 is 20.5 Å². The Labute approximate surface area is 140 Å². The summed E-state index contributed by atoms with van der Waals surface area (Å²) in [7, 11) is 0. The Morgan fingerprint density at radius 2 is 2.00 bits per heavy atom. The maximum atomic E-state index is 12.1. The molecule has 0 aromatic heterocycles. The lowest BCUT2D eigenvalue weighted by Gasteiger charge is -2.12. The second-order valence-electron chi connectivity index (χ2n) is 4.88. The number of hydrogen-bond acceptors (Lipinski definition) is 6. The van der Waals surface area contributed by atoms with Crippen LogP contribution in [0.5, 0.6) is 0 Å². The zero-order valence-electron chi connectivity index (χ0n) is 13.7. The molecule has 0 saturated heterocycles. The van der Waals surface area contributed by atoms with Crippen molar-refractivity contribution < 1.29 is 19.4 Å². The topological polar surface area (TPSA) is 111 Å². The van der Waals surface area contributed by atoms with Gasteiger partial charge >= 0.3 is 5.97 Å². The van der Waals surface area contributed by atoms with Gasteiger partial charge in [0.25, 0.3) is 5.91 Å². The van der Waals surface area contributed by atoms with Gasteiger partial charge in [-0.3, -0.25) is 4.79 Å².